The van der Waals surface area contributed by atoms with Crippen LogP contribution in [0.1, 0.15) is 26.3 Å². The van der Waals surface area contributed by atoms with Crippen molar-refractivity contribution >= 4 is 12.1 Å². The number of carbonyl (C=O) groups excluding carboxylic acids is 2. The van der Waals surface area contributed by atoms with Gasteiger partial charge in [0.2, 0.25) is 0 Å². The molecule has 2 aromatic carbocycles. The van der Waals surface area contributed by atoms with Crippen molar-refractivity contribution < 1.29 is 18.4 Å². The lowest BCUT2D eigenvalue weighted by Gasteiger charge is -2.04. The lowest BCUT2D eigenvalue weighted by molar-refractivity contribution is 0.102. The first-order valence-corrected chi connectivity index (χ1v) is 5.17. The van der Waals surface area contributed by atoms with Crippen molar-refractivity contribution in [1.29, 1.82) is 0 Å². The standard InChI is InChI=1S/C14H8F2O2/c15-11-3-1-2-9(6-11)14(18)13-7-12(16)5-4-10(13)8-17/h1-8H. The molecule has 0 bridgehead atoms. The van der Waals surface area contributed by atoms with Gasteiger partial charge in [0.1, 0.15) is 11.6 Å². The van der Waals surface area contributed by atoms with Crippen LogP contribution in [0, 0.1) is 11.6 Å². The summed E-state index contributed by atoms with van der Waals surface area (Å²) in [5.74, 6) is -1.78. The van der Waals surface area contributed by atoms with E-state index in [0.717, 1.165) is 18.2 Å². The van der Waals surface area contributed by atoms with E-state index in [1.54, 1.807) is 0 Å². The fourth-order valence-corrected chi connectivity index (χ4v) is 1.61. The van der Waals surface area contributed by atoms with Gasteiger partial charge in [-0.1, -0.05) is 12.1 Å². The zero-order valence-corrected chi connectivity index (χ0v) is 9.19. The molecule has 0 atom stereocenters. The minimum atomic E-state index is -0.625. The van der Waals surface area contributed by atoms with Crippen molar-refractivity contribution in [1.82, 2.24) is 0 Å². The third kappa shape index (κ3) is 2.32. The number of hydrogen-bond donors (Lipinski definition) is 0. The summed E-state index contributed by atoms with van der Waals surface area (Å²) in [5.41, 5.74) is 0.0740. The molecular formula is C14H8F2O2. The second-order valence-corrected chi connectivity index (χ2v) is 3.69. The van der Waals surface area contributed by atoms with Crippen LogP contribution in [0.4, 0.5) is 8.78 Å². The number of ketones is 1. The van der Waals surface area contributed by atoms with Crippen molar-refractivity contribution in [2.45, 2.75) is 0 Å². The predicted molar refractivity (Wildman–Crippen MR) is 61.6 cm³/mol. The normalized spacial score (nSPS) is 10.1. The zero-order chi connectivity index (χ0) is 13.1. The lowest BCUT2D eigenvalue weighted by atomic mass is 9.99. The number of carbonyl (C=O) groups is 2. The lowest BCUT2D eigenvalue weighted by Crippen LogP contribution is -2.06. The highest BCUT2D eigenvalue weighted by molar-refractivity contribution is 6.12. The van der Waals surface area contributed by atoms with Crippen LogP contribution < -0.4 is 0 Å². The Labute approximate surface area is 102 Å². The minimum Gasteiger partial charge on any atom is -0.298 e. The molecule has 2 rings (SSSR count). The van der Waals surface area contributed by atoms with E-state index in [4.69, 9.17) is 0 Å². The molecular weight excluding hydrogens is 238 g/mol. The van der Waals surface area contributed by atoms with Gasteiger partial charge < -0.3 is 0 Å². The first-order valence-electron chi connectivity index (χ1n) is 5.17. The number of hydrogen-bond acceptors (Lipinski definition) is 2. The Kier molecular flexibility index (Phi) is 3.28. The predicted octanol–water partition coefficient (Wildman–Crippen LogP) is 3.01. The summed E-state index contributed by atoms with van der Waals surface area (Å²) >= 11 is 0. The van der Waals surface area contributed by atoms with Gasteiger partial charge in [-0.15, -0.1) is 0 Å². The Morgan fingerprint density at radius 2 is 1.72 bits per heavy atom. The molecule has 0 aliphatic carbocycles. The molecule has 0 heterocycles. The summed E-state index contributed by atoms with van der Waals surface area (Å²) in [4.78, 5) is 22.8. The number of benzene rings is 2. The van der Waals surface area contributed by atoms with E-state index >= 15 is 0 Å². The van der Waals surface area contributed by atoms with Crippen molar-refractivity contribution in [2.75, 3.05) is 0 Å². The van der Waals surface area contributed by atoms with Crippen LogP contribution in [0.2, 0.25) is 0 Å². The van der Waals surface area contributed by atoms with Gasteiger partial charge in [-0.25, -0.2) is 8.78 Å². The Balaban J connectivity index is 2.52. The third-order valence-electron chi connectivity index (χ3n) is 2.47. The molecule has 4 heteroatoms. The fraction of sp³-hybridized carbons (Fsp3) is 0. The minimum absolute atomic E-state index is 0.0729. The Hall–Kier alpha value is -2.36. The van der Waals surface area contributed by atoms with E-state index < -0.39 is 17.4 Å². The quantitative estimate of drug-likeness (QED) is 0.616. The monoisotopic (exact) mass is 246 g/mol. The maximum Gasteiger partial charge on any atom is 0.193 e. The summed E-state index contributed by atoms with van der Waals surface area (Å²) in [7, 11) is 0. The smallest absolute Gasteiger partial charge is 0.193 e. The Morgan fingerprint density at radius 1 is 1.00 bits per heavy atom. The van der Waals surface area contributed by atoms with Crippen LogP contribution in [-0.4, -0.2) is 12.1 Å². The maximum atomic E-state index is 13.1. The highest BCUT2D eigenvalue weighted by atomic mass is 19.1. The van der Waals surface area contributed by atoms with Gasteiger partial charge in [-0.2, -0.15) is 0 Å². The number of rotatable bonds is 3. The van der Waals surface area contributed by atoms with E-state index in [2.05, 4.69) is 0 Å². The van der Waals surface area contributed by atoms with Gasteiger partial charge >= 0.3 is 0 Å². The first-order chi connectivity index (χ1) is 8.61. The van der Waals surface area contributed by atoms with Gasteiger partial charge in [0.05, 0.1) is 0 Å². The molecule has 0 radical (unpaired) electrons. The van der Waals surface area contributed by atoms with Crippen LogP contribution in [0.3, 0.4) is 0 Å². The van der Waals surface area contributed by atoms with E-state index in [9.17, 15) is 18.4 Å². The highest BCUT2D eigenvalue weighted by Crippen LogP contribution is 2.16. The molecule has 0 unspecified atom stereocenters. The molecule has 0 spiro atoms. The topological polar surface area (TPSA) is 34.1 Å². The second-order valence-electron chi connectivity index (χ2n) is 3.69. The molecule has 0 aliphatic heterocycles. The zero-order valence-electron chi connectivity index (χ0n) is 9.19. The van der Waals surface area contributed by atoms with Crippen LogP contribution in [-0.2, 0) is 0 Å². The first kappa shape index (κ1) is 12.1. The molecule has 18 heavy (non-hydrogen) atoms. The fourth-order valence-electron chi connectivity index (χ4n) is 1.61. The van der Waals surface area contributed by atoms with Crippen LogP contribution >= 0.6 is 0 Å². The number of halogens is 2. The molecule has 0 aliphatic rings. The van der Waals surface area contributed by atoms with E-state index in [-0.39, 0.29) is 16.7 Å². The molecule has 0 amide bonds. The number of aldehydes is 1. The van der Waals surface area contributed by atoms with Gasteiger partial charge in [0, 0.05) is 16.7 Å². The molecule has 0 saturated heterocycles. The van der Waals surface area contributed by atoms with Gasteiger partial charge in [0.15, 0.2) is 12.1 Å². The maximum absolute atomic E-state index is 13.1. The third-order valence-corrected chi connectivity index (χ3v) is 2.47. The highest BCUT2D eigenvalue weighted by Gasteiger charge is 2.14. The summed E-state index contributed by atoms with van der Waals surface area (Å²) < 4.78 is 26.1. The van der Waals surface area contributed by atoms with Crippen LogP contribution in [0.5, 0.6) is 0 Å². The van der Waals surface area contributed by atoms with E-state index in [0.29, 0.717) is 6.29 Å². The van der Waals surface area contributed by atoms with Gasteiger partial charge in [0.25, 0.3) is 0 Å². The summed E-state index contributed by atoms with van der Waals surface area (Å²) in [6.07, 6.45) is 0.464. The van der Waals surface area contributed by atoms with Gasteiger partial charge in [-0.3, -0.25) is 9.59 Å². The van der Waals surface area contributed by atoms with Gasteiger partial charge in [-0.05, 0) is 30.3 Å². The van der Waals surface area contributed by atoms with Crippen molar-refractivity contribution in [2.24, 2.45) is 0 Å². The van der Waals surface area contributed by atoms with Crippen molar-refractivity contribution in [3.8, 4) is 0 Å². The second kappa shape index (κ2) is 4.87. The Bertz CT molecular complexity index is 621. The average molecular weight is 246 g/mol. The SMILES string of the molecule is O=Cc1ccc(F)cc1C(=O)c1cccc(F)c1. The van der Waals surface area contributed by atoms with Crippen molar-refractivity contribution in [3.05, 3.63) is 70.8 Å². The largest absolute Gasteiger partial charge is 0.298 e. The van der Waals surface area contributed by atoms with Crippen LogP contribution in [0.25, 0.3) is 0 Å². The summed E-state index contributed by atoms with van der Waals surface area (Å²) in [5, 5.41) is 0. The molecule has 0 N–H and O–H groups in total. The molecule has 2 nitrogen and oxygen atoms in total. The molecule has 0 saturated carbocycles. The van der Waals surface area contributed by atoms with E-state index in [1.165, 1.54) is 24.3 Å². The molecule has 90 valence electrons. The van der Waals surface area contributed by atoms with Crippen LogP contribution in [0.15, 0.2) is 42.5 Å². The Morgan fingerprint density at radius 3 is 2.39 bits per heavy atom. The molecule has 0 fully saturated rings. The molecule has 0 aromatic heterocycles. The summed E-state index contributed by atoms with van der Waals surface area (Å²) in [6, 6.07) is 8.30. The van der Waals surface area contributed by atoms with Crippen molar-refractivity contribution in [3.63, 3.8) is 0 Å². The van der Waals surface area contributed by atoms with E-state index in [1.807, 2.05) is 0 Å². The molecule has 2 aromatic rings. The average Bonchev–Trinajstić information content (AvgIpc) is 2.38. The summed E-state index contributed by atoms with van der Waals surface area (Å²) in [6.45, 7) is 0.